The SMILES string of the molecule is CC(=O)O[C@@H]1[C@H](O[C@@H]2O[C@@H](C)[C@H](O)[C@@H](O)[C@H]2O)[C@@H](O[C@@H]2O[C@@H](C)[C@H](O[C@@H]3OC[C@@H](O)[C@H](O)[C@H]3O)[C@@H](O)[C@H]2O)[C@H](OC(=O)[C@]23CCC(C)(C)[C@H](C)[C@H]2C2=CC[C@@H]4[C@@]5(C)CC[C@H](O[C@@H]6O[C@H](C(=O)O)[C@@H](O)[C@H](O)[C@H]6O[C@@H]6O[C@H](CO)[C@H](O)[C@H](O)[C@H]6O)[C@@](C)(C=O)[C@@H]5CC[C@@]4(C)[C@]2(C)C[C@H]3O)O[C@@H]1C. The Labute approximate surface area is 583 Å². The van der Waals surface area contributed by atoms with Gasteiger partial charge in [0.2, 0.25) is 6.29 Å². The number of carbonyl (C=O) groups is 4. The molecule has 6 heterocycles. The van der Waals surface area contributed by atoms with Gasteiger partial charge >= 0.3 is 17.9 Å². The van der Waals surface area contributed by atoms with Crippen LogP contribution in [0.4, 0.5) is 0 Å². The summed E-state index contributed by atoms with van der Waals surface area (Å²) in [6, 6.07) is 0. The van der Waals surface area contributed by atoms with Crippen molar-refractivity contribution in [1.82, 2.24) is 0 Å². The normalized spacial score (nSPS) is 54.3. The number of carboxylic acids is 1. The number of fused-ring (bicyclic) bond motifs is 7. The molecular weight excluding hydrogens is 1340 g/mol. The lowest BCUT2D eigenvalue weighted by atomic mass is 9.32. The second-order valence-corrected chi connectivity index (χ2v) is 32.1. The number of hydrogen-bond donors (Lipinski definition) is 16. The zero-order chi connectivity index (χ0) is 74.2. The van der Waals surface area contributed by atoms with Crippen LogP contribution >= 0.6 is 0 Å². The fourth-order valence-electron chi connectivity index (χ4n) is 19.6. The third kappa shape index (κ3) is 13.2. The van der Waals surface area contributed by atoms with Gasteiger partial charge in [-0.25, -0.2) is 4.79 Å². The summed E-state index contributed by atoms with van der Waals surface area (Å²) in [6.07, 6.45) is -48.4. The molecule has 0 aromatic heterocycles. The first-order chi connectivity index (χ1) is 47.2. The highest BCUT2D eigenvalue weighted by molar-refractivity contribution is 5.80. The fourth-order valence-corrected chi connectivity index (χ4v) is 19.6. The van der Waals surface area contributed by atoms with Gasteiger partial charge in [0, 0.05) is 12.8 Å². The van der Waals surface area contributed by atoms with E-state index in [2.05, 4.69) is 40.7 Å². The highest BCUT2D eigenvalue weighted by atomic mass is 16.8. The second kappa shape index (κ2) is 29.1. The summed E-state index contributed by atoms with van der Waals surface area (Å²) < 4.78 is 79.3. The summed E-state index contributed by atoms with van der Waals surface area (Å²) in [5, 5.41) is 176. The Morgan fingerprint density at radius 2 is 1.11 bits per heavy atom. The molecule has 33 nitrogen and oxygen atoms in total. The van der Waals surface area contributed by atoms with Gasteiger partial charge in [0.05, 0.1) is 49.1 Å². The molecule has 0 unspecified atom stereocenters. The topological polar surface area (TPSA) is 512 Å². The summed E-state index contributed by atoms with van der Waals surface area (Å²) in [6.45, 7) is 18.4. The van der Waals surface area contributed by atoms with Crippen molar-refractivity contribution in [3.05, 3.63) is 11.6 Å². The predicted octanol–water partition coefficient (Wildman–Crippen LogP) is -3.61. The predicted molar refractivity (Wildman–Crippen MR) is 334 cm³/mol. The number of aliphatic hydroxyl groups is 15. The number of carbonyl (C=O) groups excluding carboxylic acids is 3. The molecule has 11 aliphatic rings. The van der Waals surface area contributed by atoms with E-state index in [0.29, 0.717) is 32.1 Å². The maximum absolute atomic E-state index is 16.3. The van der Waals surface area contributed by atoms with Crippen molar-refractivity contribution in [3.8, 4) is 0 Å². The number of esters is 2. The van der Waals surface area contributed by atoms with E-state index in [0.717, 1.165) is 18.8 Å². The Kier molecular flexibility index (Phi) is 22.7. The van der Waals surface area contributed by atoms with Crippen LogP contribution in [0, 0.1) is 56.2 Å². The van der Waals surface area contributed by atoms with Crippen LogP contribution < -0.4 is 0 Å². The van der Waals surface area contributed by atoms with Gasteiger partial charge in [-0.15, -0.1) is 0 Å². The lowest BCUT2D eigenvalue weighted by Crippen LogP contribution is -2.70. The molecule has 40 atom stereocenters. The molecule has 6 saturated heterocycles. The number of allylic oxidation sites excluding steroid dienone is 2. The molecule has 0 spiro atoms. The van der Waals surface area contributed by atoms with E-state index >= 15 is 4.79 Å². The summed E-state index contributed by atoms with van der Waals surface area (Å²) in [4.78, 5) is 55.9. The third-order valence-corrected chi connectivity index (χ3v) is 26.2. The third-order valence-electron chi connectivity index (χ3n) is 26.2. The van der Waals surface area contributed by atoms with Crippen molar-refractivity contribution < 1.29 is 162 Å². The minimum absolute atomic E-state index is 0.0186. The molecular formula is C68H106O33. The minimum atomic E-state index is -2.13. The van der Waals surface area contributed by atoms with Crippen LogP contribution in [0.3, 0.4) is 0 Å². The Hall–Kier alpha value is -3.22. The summed E-state index contributed by atoms with van der Waals surface area (Å²) in [7, 11) is 0. The van der Waals surface area contributed by atoms with Crippen molar-refractivity contribution in [3.63, 3.8) is 0 Å². The molecule has 0 aromatic carbocycles. The van der Waals surface area contributed by atoms with Crippen molar-refractivity contribution in [2.24, 2.45) is 56.2 Å². The molecule has 16 N–H and O–H groups in total. The molecule has 0 aromatic rings. The first-order valence-electron chi connectivity index (χ1n) is 35.3. The lowest BCUT2D eigenvalue weighted by Gasteiger charge is -2.72. The zero-order valence-electron chi connectivity index (χ0n) is 58.5. The molecule has 101 heavy (non-hydrogen) atoms. The first kappa shape index (κ1) is 78.8. The molecule has 576 valence electrons. The van der Waals surface area contributed by atoms with Crippen LogP contribution in [0.2, 0.25) is 0 Å². The van der Waals surface area contributed by atoms with E-state index in [1.54, 1.807) is 6.92 Å². The smallest absolute Gasteiger partial charge is 0.335 e. The van der Waals surface area contributed by atoms with Crippen LogP contribution in [-0.4, -0.2) is 309 Å². The molecule has 33 heteroatoms. The maximum atomic E-state index is 16.3. The summed E-state index contributed by atoms with van der Waals surface area (Å²) in [5.41, 5.74) is -4.91. The number of aliphatic carboxylic acids is 1. The fraction of sp³-hybridized carbons (Fsp3) is 0.912. The summed E-state index contributed by atoms with van der Waals surface area (Å²) >= 11 is 0. The van der Waals surface area contributed by atoms with Crippen LogP contribution in [0.1, 0.15) is 128 Å². The van der Waals surface area contributed by atoms with Crippen LogP contribution in [0.5, 0.6) is 0 Å². The van der Waals surface area contributed by atoms with E-state index in [4.69, 9.17) is 61.6 Å². The monoisotopic (exact) mass is 1450 g/mol. The Morgan fingerprint density at radius 1 is 0.545 bits per heavy atom. The van der Waals surface area contributed by atoms with Gasteiger partial charge < -0.3 is 148 Å². The molecule has 10 fully saturated rings. The Morgan fingerprint density at radius 3 is 1.74 bits per heavy atom. The van der Waals surface area contributed by atoms with E-state index < -0.39 is 266 Å². The van der Waals surface area contributed by atoms with Gasteiger partial charge in [-0.1, -0.05) is 60.1 Å². The molecule has 4 saturated carbocycles. The molecule has 0 radical (unpaired) electrons. The first-order valence-corrected chi connectivity index (χ1v) is 35.3. The Bertz CT molecular complexity index is 3000. The van der Waals surface area contributed by atoms with Crippen LogP contribution in [0.25, 0.3) is 0 Å². The molecule has 0 amide bonds. The largest absolute Gasteiger partial charge is 0.479 e. The van der Waals surface area contributed by atoms with E-state index in [9.17, 15) is 96.1 Å². The van der Waals surface area contributed by atoms with Crippen molar-refractivity contribution >= 4 is 24.2 Å². The van der Waals surface area contributed by atoms with Gasteiger partial charge in [0.1, 0.15) is 115 Å². The number of ether oxygens (including phenoxy) is 13. The highest BCUT2D eigenvalue weighted by Gasteiger charge is 2.74. The molecule has 6 aliphatic heterocycles. The van der Waals surface area contributed by atoms with E-state index in [-0.39, 0.29) is 31.1 Å². The number of aldehydes is 1. The lowest BCUT2D eigenvalue weighted by molar-refractivity contribution is -0.390. The maximum Gasteiger partial charge on any atom is 0.335 e. The van der Waals surface area contributed by atoms with Crippen LogP contribution in [-0.2, 0) is 80.8 Å². The van der Waals surface area contributed by atoms with E-state index in [1.807, 2.05) is 6.92 Å². The number of hydrogen-bond acceptors (Lipinski definition) is 32. The zero-order valence-corrected chi connectivity index (χ0v) is 58.5. The number of aliphatic hydroxyl groups excluding tert-OH is 15. The van der Waals surface area contributed by atoms with E-state index in [1.165, 1.54) is 20.8 Å². The Balaban J connectivity index is 0.904. The number of rotatable bonds is 16. The highest BCUT2D eigenvalue weighted by Crippen LogP contribution is 2.76. The standard InChI is InChI=1S/C68H106O33/c1-24-36-29-12-13-33-64(8)16-15-35(95-60-52(43(80)42(79)51(97-60)55(86)87)98-59-47(84)41(78)39(76)31(21-69)94-59)65(9,23-70)32(64)14-17-66(33,10)67(29,11)20-34(73)68(36,19-18-63(24,6)7)62(88)101-61-54(53(50(27(4)92-61)93-28(5)71)99-57-46(83)40(77)37(74)25(2)90-57)100-58-48(85)44(81)49(26(3)91-58)96-56-45(82)38(75)30(72)22-89-56/h12,23-27,30-54,56-61,69,72-85H,13-22H2,1-11H3,(H,86,87)/t24-,25+,26+,27-,30-,31-,32-,33-,34-,35+,36+,37+,38+,39+,40-,41+,42+,43+,44+,45-,46-,47-,48-,49+,50+,51+,52-,53+,54-,56+,57+,58+,59+,60-,61+,64+,65+,66-,67-,68+/m1/s1. The van der Waals surface area contributed by atoms with Crippen molar-refractivity contribution in [1.29, 1.82) is 0 Å². The van der Waals surface area contributed by atoms with Gasteiger partial charge in [0.25, 0.3) is 0 Å². The average molecular weight is 1450 g/mol. The number of carboxylic acid groups (broad SMARTS) is 1. The molecule has 11 rings (SSSR count). The van der Waals surface area contributed by atoms with Crippen molar-refractivity contribution in [2.45, 2.75) is 318 Å². The molecule has 0 bridgehead atoms. The quantitative estimate of drug-likeness (QED) is 0.0307. The van der Waals surface area contributed by atoms with Gasteiger partial charge in [-0.3, -0.25) is 9.59 Å². The van der Waals surface area contributed by atoms with Gasteiger partial charge in [-0.05, 0) is 112 Å². The van der Waals surface area contributed by atoms with Gasteiger partial charge in [-0.2, -0.15) is 0 Å². The van der Waals surface area contributed by atoms with Gasteiger partial charge in [0.15, 0.2) is 49.8 Å². The minimum Gasteiger partial charge on any atom is -0.479 e. The van der Waals surface area contributed by atoms with Crippen LogP contribution in [0.15, 0.2) is 11.6 Å². The van der Waals surface area contributed by atoms with Crippen molar-refractivity contribution in [2.75, 3.05) is 13.2 Å². The average Bonchev–Trinajstić information content (AvgIpc) is 0.668. The second-order valence-electron chi connectivity index (χ2n) is 32.1. The molecule has 5 aliphatic carbocycles. The summed E-state index contributed by atoms with van der Waals surface area (Å²) in [5.74, 6) is -5.26.